The van der Waals surface area contributed by atoms with E-state index in [1.165, 1.54) is 6.07 Å². The number of alkyl halides is 1. The van der Waals surface area contributed by atoms with Crippen molar-refractivity contribution in [2.45, 2.75) is 31.6 Å². The average molecular weight is 386 g/mol. The van der Waals surface area contributed by atoms with Gasteiger partial charge in [0.05, 0.1) is 18.4 Å². The van der Waals surface area contributed by atoms with Gasteiger partial charge in [-0.3, -0.25) is 0 Å². The van der Waals surface area contributed by atoms with Crippen molar-refractivity contribution in [1.82, 2.24) is 24.9 Å². The van der Waals surface area contributed by atoms with Crippen molar-refractivity contribution in [3.05, 3.63) is 47.7 Å². The molecule has 1 N–H and O–H groups in total. The predicted molar refractivity (Wildman–Crippen MR) is 98.6 cm³/mol. The zero-order chi connectivity index (χ0) is 19.1. The number of ether oxygens (including phenoxy) is 1. The Bertz CT molecular complexity index is 1010. The van der Waals surface area contributed by atoms with Gasteiger partial charge in [-0.15, -0.1) is 0 Å². The number of hydrogen-bond donors (Lipinski definition) is 1. The summed E-state index contributed by atoms with van der Waals surface area (Å²) in [7, 11) is 0. The summed E-state index contributed by atoms with van der Waals surface area (Å²) in [5.41, 5.74) is 2.26. The van der Waals surface area contributed by atoms with Gasteiger partial charge in [0.15, 0.2) is 5.65 Å². The Kier molecular flexibility index (Phi) is 4.31. The molecule has 2 atom stereocenters. The van der Waals surface area contributed by atoms with Gasteiger partial charge in [0.25, 0.3) is 0 Å². The van der Waals surface area contributed by atoms with E-state index in [1.54, 1.807) is 10.7 Å². The van der Waals surface area contributed by atoms with E-state index < -0.39 is 12.0 Å². The second-order valence-electron chi connectivity index (χ2n) is 7.16. The van der Waals surface area contributed by atoms with Crippen LogP contribution in [0.4, 0.5) is 14.6 Å². The molecule has 146 valence electrons. The van der Waals surface area contributed by atoms with E-state index in [0.717, 1.165) is 42.6 Å². The minimum Gasteiger partial charge on any atom is -0.474 e. The lowest BCUT2D eigenvalue weighted by Crippen LogP contribution is -2.29. The lowest BCUT2D eigenvalue weighted by molar-refractivity contribution is 0.184. The highest BCUT2D eigenvalue weighted by Crippen LogP contribution is 2.39. The van der Waals surface area contributed by atoms with Crippen LogP contribution in [0, 0.1) is 5.82 Å². The highest BCUT2D eigenvalue weighted by Gasteiger charge is 2.31. The van der Waals surface area contributed by atoms with E-state index in [2.05, 4.69) is 20.3 Å². The zero-order valence-corrected chi connectivity index (χ0v) is 15.2. The highest BCUT2D eigenvalue weighted by atomic mass is 19.1. The molecule has 1 saturated heterocycles. The molecule has 5 heterocycles. The van der Waals surface area contributed by atoms with Crippen LogP contribution in [0.3, 0.4) is 0 Å². The number of fused-ring (bicyclic) bond motifs is 5. The van der Waals surface area contributed by atoms with Crippen molar-refractivity contribution >= 4 is 11.5 Å². The third-order valence-electron chi connectivity index (χ3n) is 5.26. The number of aromatic nitrogens is 4. The maximum atomic E-state index is 14.3. The van der Waals surface area contributed by atoms with Gasteiger partial charge in [0.2, 0.25) is 5.88 Å². The van der Waals surface area contributed by atoms with Crippen LogP contribution >= 0.6 is 0 Å². The Hall–Kier alpha value is -2.81. The molecule has 3 aromatic heterocycles. The van der Waals surface area contributed by atoms with Crippen LogP contribution in [0.2, 0.25) is 0 Å². The van der Waals surface area contributed by atoms with Gasteiger partial charge in [-0.1, -0.05) is 0 Å². The van der Waals surface area contributed by atoms with E-state index >= 15 is 0 Å². The van der Waals surface area contributed by atoms with Crippen LogP contribution in [0.5, 0.6) is 5.88 Å². The summed E-state index contributed by atoms with van der Waals surface area (Å²) in [6.07, 6.45) is 5.25. The fraction of sp³-hybridized carbons (Fsp3) is 0.421. The monoisotopic (exact) mass is 386 g/mol. The fourth-order valence-corrected chi connectivity index (χ4v) is 3.95. The smallest absolute Gasteiger partial charge is 0.218 e. The normalized spacial score (nSPS) is 22.6. The van der Waals surface area contributed by atoms with Crippen LogP contribution in [-0.2, 0) is 6.54 Å². The quantitative estimate of drug-likeness (QED) is 0.640. The molecule has 2 unspecified atom stereocenters. The van der Waals surface area contributed by atoms with E-state index in [1.807, 2.05) is 12.3 Å². The molecular weight excluding hydrogens is 366 g/mol. The van der Waals surface area contributed by atoms with Crippen molar-refractivity contribution in [3.8, 4) is 5.88 Å². The number of rotatable bonds is 0. The highest BCUT2D eigenvalue weighted by molar-refractivity contribution is 5.54. The molecule has 0 radical (unpaired) electrons. The van der Waals surface area contributed by atoms with Crippen molar-refractivity contribution in [2.75, 3.05) is 24.6 Å². The van der Waals surface area contributed by atoms with Gasteiger partial charge in [-0.2, -0.15) is 5.10 Å². The van der Waals surface area contributed by atoms with Crippen molar-refractivity contribution < 1.29 is 13.5 Å². The zero-order valence-electron chi connectivity index (χ0n) is 15.2. The molecule has 0 amide bonds. The maximum Gasteiger partial charge on any atom is 0.218 e. The van der Waals surface area contributed by atoms with Gasteiger partial charge in [-0.05, 0) is 25.0 Å². The topological polar surface area (TPSA) is 67.6 Å². The maximum absolute atomic E-state index is 14.3. The molecule has 9 heteroatoms. The molecule has 0 spiro atoms. The van der Waals surface area contributed by atoms with Crippen molar-refractivity contribution in [3.63, 3.8) is 0 Å². The molecule has 0 aromatic carbocycles. The SMILES string of the molecule is Fc1cnc2c(c1)C1CCCN1c1ccn3ncc(c3n1)CNCC(F)CO2. The summed E-state index contributed by atoms with van der Waals surface area (Å²) in [5.74, 6) is 0.645. The van der Waals surface area contributed by atoms with Crippen LogP contribution in [0.15, 0.2) is 30.7 Å². The first-order valence-electron chi connectivity index (χ1n) is 9.42. The van der Waals surface area contributed by atoms with Gasteiger partial charge in [0.1, 0.15) is 24.4 Å². The molecular formula is C19H20F2N6O. The Morgan fingerprint density at radius 3 is 3.14 bits per heavy atom. The molecule has 2 aliphatic rings. The minimum atomic E-state index is -1.22. The molecule has 2 bridgehead atoms. The van der Waals surface area contributed by atoms with Crippen LogP contribution in [-0.4, -0.2) is 45.5 Å². The van der Waals surface area contributed by atoms with Crippen LogP contribution in [0.25, 0.3) is 5.65 Å². The molecule has 0 aliphatic carbocycles. The second-order valence-corrected chi connectivity index (χ2v) is 7.16. The number of nitrogens with zero attached hydrogens (tertiary/aromatic N) is 5. The summed E-state index contributed by atoms with van der Waals surface area (Å²) in [6, 6.07) is 3.22. The van der Waals surface area contributed by atoms with Gasteiger partial charge >= 0.3 is 0 Å². The molecule has 3 aromatic rings. The van der Waals surface area contributed by atoms with Crippen LogP contribution in [0.1, 0.15) is 30.0 Å². The Balaban J connectivity index is 1.63. The number of halogens is 2. The lowest BCUT2D eigenvalue weighted by Gasteiger charge is -2.27. The van der Waals surface area contributed by atoms with Gasteiger partial charge in [0, 0.05) is 37.0 Å². The van der Waals surface area contributed by atoms with E-state index in [9.17, 15) is 8.78 Å². The van der Waals surface area contributed by atoms with Gasteiger partial charge in [-0.25, -0.2) is 23.3 Å². The predicted octanol–water partition coefficient (Wildman–Crippen LogP) is 2.42. The summed E-state index contributed by atoms with van der Waals surface area (Å²) < 4.78 is 35.6. The molecule has 28 heavy (non-hydrogen) atoms. The summed E-state index contributed by atoms with van der Waals surface area (Å²) in [6.45, 7) is 1.24. The Labute approximate surface area is 160 Å². The fourth-order valence-electron chi connectivity index (χ4n) is 3.95. The lowest BCUT2D eigenvalue weighted by atomic mass is 10.1. The van der Waals surface area contributed by atoms with Crippen LogP contribution < -0.4 is 15.0 Å². The minimum absolute atomic E-state index is 0.126. The Morgan fingerprint density at radius 1 is 1.29 bits per heavy atom. The van der Waals surface area contributed by atoms with E-state index in [4.69, 9.17) is 9.72 Å². The number of pyridine rings is 1. The standard InChI is InChI=1S/C19H20F2N6O/c20-13-6-15-16-2-1-4-26(16)17-3-5-27-18(25-17)12(8-24-27)7-22-9-14(21)11-28-19(15)23-10-13/h3,5-6,8,10,14,16,22H,1-2,4,7,9,11H2. The summed E-state index contributed by atoms with van der Waals surface area (Å²) in [5, 5.41) is 7.40. The third kappa shape index (κ3) is 3.05. The number of nitrogens with one attached hydrogen (secondary N) is 1. The Morgan fingerprint density at radius 2 is 2.21 bits per heavy atom. The molecule has 1 fully saturated rings. The van der Waals surface area contributed by atoms with E-state index in [0.29, 0.717) is 12.1 Å². The van der Waals surface area contributed by atoms with Gasteiger partial charge < -0.3 is 15.0 Å². The van der Waals surface area contributed by atoms with E-state index in [-0.39, 0.29) is 25.1 Å². The first kappa shape index (κ1) is 17.3. The number of anilines is 1. The molecule has 7 nitrogen and oxygen atoms in total. The average Bonchev–Trinajstić information content (AvgIpc) is 3.33. The first-order valence-corrected chi connectivity index (χ1v) is 9.42. The number of hydrogen-bond acceptors (Lipinski definition) is 6. The van der Waals surface area contributed by atoms with Crippen molar-refractivity contribution in [1.29, 1.82) is 0 Å². The first-order chi connectivity index (χ1) is 13.7. The molecule has 0 saturated carbocycles. The second kappa shape index (κ2) is 6.97. The van der Waals surface area contributed by atoms with Crippen molar-refractivity contribution in [2.24, 2.45) is 0 Å². The molecule has 5 rings (SSSR count). The molecule has 2 aliphatic heterocycles. The summed E-state index contributed by atoms with van der Waals surface area (Å²) in [4.78, 5) is 11.0. The largest absolute Gasteiger partial charge is 0.474 e. The third-order valence-corrected chi connectivity index (χ3v) is 5.26. The summed E-state index contributed by atoms with van der Waals surface area (Å²) >= 11 is 0.